The van der Waals surface area contributed by atoms with Gasteiger partial charge >= 0.3 is 0 Å². The first-order chi connectivity index (χ1) is 11.5. The summed E-state index contributed by atoms with van der Waals surface area (Å²) in [7, 11) is 0. The minimum Gasteiger partial charge on any atom is -0.508 e. The van der Waals surface area contributed by atoms with Gasteiger partial charge in [-0.1, -0.05) is 23.2 Å². The van der Waals surface area contributed by atoms with Crippen LogP contribution in [-0.4, -0.2) is 23.2 Å². The molecule has 5 N–H and O–H groups in total. The fourth-order valence-corrected chi connectivity index (χ4v) is 3.47. The molecule has 2 heterocycles. The molecule has 1 aromatic heterocycles. The third-order valence-electron chi connectivity index (χ3n) is 4.57. The van der Waals surface area contributed by atoms with E-state index in [9.17, 15) is 5.11 Å². The lowest BCUT2D eigenvalue weighted by Gasteiger charge is -2.35. The molecule has 1 fully saturated rings. The van der Waals surface area contributed by atoms with Crippen LogP contribution in [0.15, 0.2) is 30.5 Å². The number of nitrogen functional groups attached to an aromatic ring is 1. The topological polar surface area (TPSA) is 88.4 Å². The molecule has 0 bridgehead atoms. The van der Waals surface area contributed by atoms with E-state index in [0.717, 1.165) is 31.7 Å². The van der Waals surface area contributed by atoms with Crippen LogP contribution in [0.2, 0.25) is 10.0 Å². The number of aromatic hydroxyl groups is 1. The number of benzene rings is 1. The lowest BCUT2D eigenvalue weighted by Crippen LogP contribution is -2.38. The van der Waals surface area contributed by atoms with Gasteiger partial charge in [0.05, 0.1) is 21.9 Å². The van der Waals surface area contributed by atoms with E-state index in [1.165, 1.54) is 6.07 Å². The van der Waals surface area contributed by atoms with Crippen LogP contribution in [0.4, 0.5) is 11.5 Å². The summed E-state index contributed by atoms with van der Waals surface area (Å²) in [6.45, 7) is 1.72. The third-order valence-corrected chi connectivity index (χ3v) is 5.29. The molecule has 0 spiro atoms. The van der Waals surface area contributed by atoms with Gasteiger partial charge in [-0.05, 0) is 37.0 Å². The van der Waals surface area contributed by atoms with Crippen molar-refractivity contribution in [3.63, 3.8) is 0 Å². The van der Waals surface area contributed by atoms with Gasteiger partial charge in [-0.2, -0.15) is 0 Å². The summed E-state index contributed by atoms with van der Waals surface area (Å²) >= 11 is 12.0. The van der Waals surface area contributed by atoms with Crippen molar-refractivity contribution in [2.75, 3.05) is 23.7 Å². The second-order valence-electron chi connectivity index (χ2n) is 6.13. The first kappa shape index (κ1) is 17.1. The number of halogens is 2. The van der Waals surface area contributed by atoms with Gasteiger partial charge in [0.1, 0.15) is 11.6 Å². The molecule has 3 rings (SSSR count). The first-order valence-electron chi connectivity index (χ1n) is 7.85. The summed E-state index contributed by atoms with van der Waals surface area (Å²) in [4.78, 5) is 6.58. The number of rotatable bonds is 3. The number of hydrogen-bond donors (Lipinski definition) is 3. The van der Waals surface area contributed by atoms with E-state index in [2.05, 4.69) is 9.88 Å². The highest BCUT2D eigenvalue weighted by molar-refractivity contribution is 6.42. The lowest BCUT2D eigenvalue weighted by molar-refractivity contribution is 0.336. The number of anilines is 2. The fraction of sp³-hybridized carbons (Fsp3) is 0.353. The Hall–Kier alpha value is -1.69. The normalized spacial score (nSPS) is 17.0. The molecule has 128 valence electrons. The molecule has 0 aliphatic carbocycles. The standard InChI is InChI=1S/C17H20Cl2N4O/c18-13-7-12(15(24)8-14(13)19)17(21)10-3-5-23(6-4-10)16-2-1-11(20)9-22-16/h1-2,7-10,17,24H,3-6,20-21H2/t17-/m1/s1. The van der Waals surface area contributed by atoms with Gasteiger partial charge in [-0.25, -0.2) is 4.98 Å². The minimum absolute atomic E-state index is 0.0968. The van der Waals surface area contributed by atoms with Crippen LogP contribution in [0.1, 0.15) is 24.4 Å². The van der Waals surface area contributed by atoms with Gasteiger partial charge in [0.25, 0.3) is 0 Å². The first-order valence-corrected chi connectivity index (χ1v) is 8.61. The quantitative estimate of drug-likeness (QED) is 0.772. The van der Waals surface area contributed by atoms with E-state index in [1.807, 2.05) is 12.1 Å². The van der Waals surface area contributed by atoms with Crippen molar-refractivity contribution in [3.05, 3.63) is 46.1 Å². The van der Waals surface area contributed by atoms with Crippen molar-refractivity contribution in [1.29, 1.82) is 0 Å². The molecule has 1 atom stereocenters. The highest BCUT2D eigenvalue weighted by atomic mass is 35.5. The zero-order chi connectivity index (χ0) is 17.3. The van der Waals surface area contributed by atoms with Crippen LogP contribution in [0.25, 0.3) is 0 Å². The molecular formula is C17H20Cl2N4O. The van der Waals surface area contributed by atoms with Gasteiger partial charge in [-0.3, -0.25) is 0 Å². The summed E-state index contributed by atoms with van der Waals surface area (Å²) in [6, 6.07) is 6.62. The highest BCUT2D eigenvalue weighted by Gasteiger charge is 2.27. The maximum Gasteiger partial charge on any atom is 0.128 e. The number of phenolic OH excluding ortho intramolecular Hbond substituents is 1. The maximum atomic E-state index is 10.1. The molecule has 2 aromatic rings. The number of nitrogens with zero attached hydrogens (tertiary/aromatic N) is 2. The summed E-state index contributed by atoms with van der Waals surface area (Å²) < 4.78 is 0. The van der Waals surface area contributed by atoms with Crippen molar-refractivity contribution in [2.45, 2.75) is 18.9 Å². The van der Waals surface area contributed by atoms with E-state index in [-0.39, 0.29) is 17.7 Å². The Balaban J connectivity index is 1.68. The average molecular weight is 367 g/mol. The Labute approximate surface area is 151 Å². The van der Waals surface area contributed by atoms with E-state index in [4.69, 9.17) is 34.7 Å². The lowest BCUT2D eigenvalue weighted by atomic mass is 9.85. The molecule has 0 radical (unpaired) electrons. The minimum atomic E-state index is -0.277. The summed E-state index contributed by atoms with van der Waals surface area (Å²) in [6.07, 6.45) is 3.49. The second-order valence-corrected chi connectivity index (χ2v) is 6.94. The number of phenols is 1. The summed E-state index contributed by atoms with van der Waals surface area (Å²) in [5.41, 5.74) is 13.4. The largest absolute Gasteiger partial charge is 0.508 e. The predicted octanol–water partition coefficient (Wildman–Crippen LogP) is 3.59. The van der Waals surface area contributed by atoms with Crippen molar-refractivity contribution >= 4 is 34.7 Å². The zero-order valence-electron chi connectivity index (χ0n) is 13.1. The van der Waals surface area contributed by atoms with Crippen molar-refractivity contribution in [1.82, 2.24) is 4.98 Å². The van der Waals surface area contributed by atoms with Gasteiger partial charge in [0, 0.05) is 30.8 Å². The van der Waals surface area contributed by atoms with E-state index >= 15 is 0 Å². The van der Waals surface area contributed by atoms with Crippen LogP contribution in [0, 0.1) is 5.92 Å². The van der Waals surface area contributed by atoms with Gasteiger partial charge in [-0.15, -0.1) is 0 Å². The van der Waals surface area contributed by atoms with E-state index in [0.29, 0.717) is 21.3 Å². The van der Waals surface area contributed by atoms with Gasteiger partial charge in [0.15, 0.2) is 0 Å². The molecule has 24 heavy (non-hydrogen) atoms. The SMILES string of the molecule is Nc1ccc(N2CCC([C@@H](N)c3cc(Cl)c(Cl)cc3O)CC2)nc1. The maximum absolute atomic E-state index is 10.1. The molecular weight excluding hydrogens is 347 g/mol. The Morgan fingerprint density at radius 1 is 1.17 bits per heavy atom. The van der Waals surface area contributed by atoms with Crippen LogP contribution >= 0.6 is 23.2 Å². The van der Waals surface area contributed by atoms with Crippen LogP contribution in [0.3, 0.4) is 0 Å². The number of aromatic nitrogens is 1. The summed E-state index contributed by atoms with van der Waals surface area (Å²) in [5.74, 6) is 1.28. The molecule has 0 unspecified atom stereocenters. The molecule has 5 nitrogen and oxygen atoms in total. The number of nitrogens with two attached hydrogens (primary N) is 2. The second kappa shape index (κ2) is 7.05. The summed E-state index contributed by atoms with van der Waals surface area (Å²) in [5, 5.41) is 10.9. The smallest absolute Gasteiger partial charge is 0.128 e. The molecule has 1 saturated heterocycles. The average Bonchev–Trinajstić information content (AvgIpc) is 2.58. The Bertz CT molecular complexity index is 715. The van der Waals surface area contributed by atoms with E-state index in [1.54, 1.807) is 12.3 Å². The predicted molar refractivity (Wildman–Crippen MR) is 98.6 cm³/mol. The van der Waals surface area contributed by atoms with Crippen molar-refractivity contribution in [3.8, 4) is 5.75 Å². The Kier molecular flexibility index (Phi) is 5.04. The molecule has 0 saturated carbocycles. The molecule has 7 heteroatoms. The van der Waals surface area contributed by atoms with Crippen LogP contribution < -0.4 is 16.4 Å². The van der Waals surface area contributed by atoms with Crippen molar-refractivity contribution in [2.24, 2.45) is 11.7 Å². The number of pyridine rings is 1. The van der Waals surface area contributed by atoms with Gasteiger partial charge < -0.3 is 21.5 Å². The van der Waals surface area contributed by atoms with Gasteiger partial charge in [0.2, 0.25) is 0 Å². The molecule has 1 aromatic carbocycles. The number of hydrogen-bond acceptors (Lipinski definition) is 5. The van der Waals surface area contributed by atoms with E-state index < -0.39 is 0 Å². The Morgan fingerprint density at radius 3 is 2.46 bits per heavy atom. The van der Waals surface area contributed by atoms with Crippen LogP contribution in [-0.2, 0) is 0 Å². The number of piperidine rings is 1. The molecule has 0 amide bonds. The van der Waals surface area contributed by atoms with Crippen molar-refractivity contribution < 1.29 is 5.11 Å². The zero-order valence-corrected chi connectivity index (χ0v) is 14.6. The highest BCUT2D eigenvalue weighted by Crippen LogP contribution is 2.38. The monoisotopic (exact) mass is 366 g/mol. The molecule has 1 aliphatic rings. The fourth-order valence-electron chi connectivity index (χ4n) is 3.14. The third kappa shape index (κ3) is 3.53. The Morgan fingerprint density at radius 2 is 1.83 bits per heavy atom. The van der Waals surface area contributed by atoms with Crippen LogP contribution in [0.5, 0.6) is 5.75 Å². The molecule has 1 aliphatic heterocycles.